The summed E-state index contributed by atoms with van der Waals surface area (Å²) in [5.74, 6) is 1.34. The molecule has 2 heterocycles. The summed E-state index contributed by atoms with van der Waals surface area (Å²) >= 11 is 1.47. The minimum atomic E-state index is -0.163. The Labute approximate surface area is 137 Å². The van der Waals surface area contributed by atoms with Crippen molar-refractivity contribution in [3.8, 4) is 11.3 Å². The first-order chi connectivity index (χ1) is 11.3. The van der Waals surface area contributed by atoms with E-state index >= 15 is 0 Å². The molecule has 0 amide bonds. The van der Waals surface area contributed by atoms with Gasteiger partial charge >= 0.3 is 5.69 Å². The molecule has 1 N–H and O–H groups in total. The molecule has 120 valence electrons. The number of unbranched alkanes of at least 4 members (excludes halogenated alkanes) is 1. The molecular weight excluding hydrogens is 312 g/mol. The van der Waals surface area contributed by atoms with Crippen LogP contribution in [0.15, 0.2) is 50.9 Å². The number of aromatic amines is 1. The first-order valence-corrected chi connectivity index (χ1v) is 8.55. The number of nitrogens with one attached hydrogen (secondary N) is 1. The standard InChI is InChI=1S/C16H18N4O2S/c1-2-3-9-20-15(21)17-18-16(20)23-11-13-10-14(19-22-13)12-7-5-4-6-8-12/h4-8,10H,2-3,9,11H2,1H3,(H,17,21). The molecule has 0 radical (unpaired) electrons. The van der Waals surface area contributed by atoms with Crippen LogP contribution in [0, 0.1) is 0 Å². The van der Waals surface area contributed by atoms with E-state index in [0.29, 0.717) is 17.5 Å². The topological polar surface area (TPSA) is 76.7 Å². The summed E-state index contributed by atoms with van der Waals surface area (Å²) in [5, 5.41) is 11.4. The Morgan fingerprint density at radius 2 is 2.13 bits per heavy atom. The molecule has 2 aromatic heterocycles. The lowest BCUT2D eigenvalue weighted by atomic mass is 10.1. The molecule has 0 saturated heterocycles. The van der Waals surface area contributed by atoms with E-state index in [4.69, 9.17) is 4.52 Å². The van der Waals surface area contributed by atoms with Crippen LogP contribution in [0.1, 0.15) is 25.5 Å². The van der Waals surface area contributed by atoms with E-state index in [1.165, 1.54) is 11.8 Å². The van der Waals surface area contributed by atoms with Crippen molar-refractivity contribution < 1.29 is 4.52 Å². The Morgan fingerprint density at radius 1 is 1.30 bits per heavy atom. The van der Waals surface area contributed by atoms with Gasteiger partial charge in [-0.25, -0.2) is 9.89 Å². The van der Waals surface area contributed by atoms with E-state index < -0.39 is 0 Å². The maximum Gasteiger partial charge on any atom is 0.343 e. The summed E-state index contributed by atoms with van der Waals surface area (Å²) in [6.45, 7) is 2.78. The number of hydrogen-bond donors (Lipinski definition) is 1. The van der Waals surface area contributed by atoms with Crippen molar-refractivity contribution >= 4 is 11.8 Å². The second kappa shape index (κ2) is 7.32. The van der Waals surface area contributed by atoms with Crippen molar-refractivity contribution in [1.82, 2.24) is 19.9 Å². The van der Waals surface area contributed by atoms with E-state index in [9.17, 15) is 4.79 Å². The van der Waals surface area contributed by atoms with Gasteiger partial charge in [-0.3, -0.25) is 4.57 Å². The smallest absolute Gasteiger partial charge is 0.343 e. The van der Waals surface area contributed by atoms with E-state index in [-0.39, 0.29) is 5.69 Å². The van der Waals surface area contributed by atoms with Gasteiger partial charge < -0.3 is 4.52 Å². The van der Waals surface area contributed by atoms with E-state index in [1.807, 2.05) is 36.4 Å². The lowest BCUT2D eigenvalue weighted by Crippen LogP contribution is -2.17. The highest BCUT2D eigenvalue weighted by atomic mass is 32.2. The van der Waals surface area contributed by atoms with Gasteiger partial charge in [-0.1, -0.05) is 60.6 Å². The minimum absolute atomic E-state index is 0.163. The number of aromatic nitrogens is 4. The van der Waals surface area contributed by atoms with Crippen LogP contribution in [0.25, 0.3) is 11.3 Å². The molecule has 0 aliphatic rings. The quantitative estimate of drug-likeness (QED) is 0.673. The Balaban J connectivity index is 1.68. The zero-order chi connectivity index (χ0) is 16.1. The Bertz CT molecular complexity index is 807. The van der Waals surface area contributed by atoms with Crippen molar-refractivity contribution in [2.24, 2.45) is 0 Å². The lowest BCUT2D eigenvalue weighted by Gasteiger charge is -2.02. The summed E-state index contributed by atoms with van der Waals surface area (Å²) in [6.07, 6.45) is 1.98. The highest BCUT2D eigenvalue weighted by Crippen LogP contribution is 2.24. The fourth-order valence-electron chi connectivity index (χ4n) is 2.19. The largest absolute Gasteiger partial charge is 0.360 e. The van der Waals surface area contributed by atoms with Gasteiger partial charge in [0.25, 0.3) is 0 Å². The molecule has 0 unspecified atom stereocenters. The fourth-order valence-corrected chi connectivity index (χ4v) is 3.04. The number of H-pyrrole nitrogens is 1. The number of hydrogen-bond acceptors (Lipinski definition) is 5. The average Bonchev–Trinajstić information content (AvgIpc) is 3.19. The van der Waals surface area contributed by atoms with Crippen LogP contribution >= 0.6 is 11.8 Å². The minimum Gasteiger partial charge on any atom is -0.360 e. The zero-order valence-corrected chi connectivity index (χ0v) is 13.7. The molecule has 1 aromatic carbocycles. The van der Waals surface area contributed by atoms with Crippen LogP contribution < -0.4 is 5.69 Å². The monoisotopic (exact) mass is 330 g/mol. The van der Waals surface area contributed by atoms with Crippen LogP contribution in [-0.2, 0) is 12.3 Å². The molecular formula is C16H18N4O2S. The summed E-state index contributed by atoms with van der Waals surface area (Å²) in [5.41, 5.74) is 1.67. The van der Waals surface area contributed by atoms with Crippen LogP contribution in [-0.4, -0.2) is 19.9 Å². The molecule has 0 bridgehead atoms. The highest BCUT2D eigenvalue weighted by Gasteiger charge is 2.11. The second-order valence-corrected chi connectivity index (χ2v) is 6.09. The predicted molar refractivity (Wildman–Crippen MR) is 89.3 cm³/mol. The molecule has 6 nitrogen and oxygen atoms in total. The zero-order valence-electron chi connectivity index (χ0n) is 12.9. The van der Waals surface area contributed by atoms with Gasteiger partial charge in [0.05, 0.1) is 5.75 Å². The van der Waals surface area contributed by atoms with Crippen LogP contribution in [0.5, 0.6) is 0 Å². The second-order valence-electron chi connectivity index (χ2n) is 5.15. The van der Waals surface area contributed by atoms with E-state index in [0.717, 1.165) is 29.9 Å². The Kier molecular flexibility index (Phi) is 4.97. The SMILES string of the molecule is CCCCn1c(SCc2cc(-c3ccccc3)no2)n[nH]c1=O. The van der Waals surface area contributed by atoms with Crippen molar-refractivity contribution in [3.63, 3.8) is 0 Å². The molecule has 0 aliphatic carbocycles. The van der Waals surface area contributed by atoms with Crippen LogP contribution in [0.3, 0.4) is 0 Å². The molecule has 7 heteroatoms. The van der Waals surface area contributed by atoms with Crippen molar-refractivity contribution in [2.75, 3.05) is 0 Å². The van der Waals surface area contributed by atoms with Crippen molar-refractivity contribution in [3.05, 3.63) is 52.6 Å². The third-order valence-electron chi connectivity index (χ3n) is 3.43. The fraction of sp³-hybridized carbons (Fsp3) is 0.312. The number of nitrogens with zero attached hydrogens (tertiary/aromatic N) is 3. The molecule has 0 spiro atoms. The summed E-state index contributed by atoms with van der Waals surface area (Å²) in [7, 11) is 0. The van der Waals surface area contributed by atoms with Gasteiger partial charge in [0.2, 0.25) is 0 Å². The highest BCUT2D eigenvalue weighted by molar-refractivity contribution is 7.98. The van der Waals surface area contributed by atoms with E-state index in [2.05, 4.69) is 22.3 Å². The molecule has 0 fully saturated rings. The number of benzene rings is 1. The molecule has 23 heavy (non-hydrogen) atoms. The van der Waals surface area contributed by atoms with Gasteiger partial charge in [0.15, 0.2) is 5.16 Å². The first-order valence-electron chi connectivity index (χ1n) is 7.57. The maximum atomic E-state index is 11.7. The first kappa shape index (κ1) is 15.6. The number of thioether (sulfide) groups is 1. The van der Waals surface area contributed by atoms with Gasteiger partial charge in [0.1, 0.15) is 11.5 Å². The molecule has 0 atom stereocenters. The van der Waals surface area contributed by atoms with Gasteiger partial charge in [-0.15, -0.1) is 5.10 Å². The van der Waals surface area contributed by atoms with Gasteiger partial charge in [-0.05, 0) is 6.42 Å². The van der Waals surface area contributed by atoms with Gasteiger partial charge in [-0.2, -0.15) is 0 Å². The molecule has 3 rings (SSSR count). The molecule has 0 saturated carbocycles. The lowest BCUT2D eigenvalue weighted by molar-refractivity contribution is 0.397. The molecule has 0 aliphatic heterocycles. The predicted octanol–water partition coefficient (Wildman–Crippen LogP) is 3.32. The number of rotatable bonds is 7. The third kappa shape index (κ3) is 3.73. The van der Waals surface area contributed by atoms with Crippen molar-refractivity contribution in [1.29, 1.82) is 0 Å². The summed E-state index contributed by atoms with van der Waals surface area (Å²) in [4.78, 5) is 11.7. The Morgan fingerprint density at radius 3 is 2.91 bits per heavy atom. The van der Waals surface area contributed by atoms with E-state index in [1.54, 1.807) is 4.57 Å². The maximum absolute atomic E-state index is 11.7. The van der Waals surface area contributed by atoms with Gasteiger partial charge in [0, 0.05) is 18.2 Å². The summed E-state index contributed by atoms with van der Waals surface area (Å²) < 4.78 is 7.04. The third-order valence-corrected chi connectivity index (χ3v) is 4.43. The summed E-state index contributed by atoms with van der Waals surface area (Å²) in [6, 6.07) is 11.8. The molecule has 3 aromatic rings. The average molecular weight is 330 g/mol. The van der Waals surface area contributed by atoms with Crippen LogP contribution in [0.2, 0.25) is 0 Å². The normalized spacial score (nSPS) is 11.0. The van der Waals surface area contributed by atoms with Crippen molar-refractivity contribution in [2.45, 2.75) is 37.2 Å². The Hall–Kier alpha value is -2.28. The van der Waals surface area contributed by atoms with Crippen LogP contribution in [0.4, 0.5) is 0 Å².